The Hall–Kier alpha value is -1.66. The van der Waals surface area contributed by atoms with Gasteiger partial charge in [0.25, 0.3) is 0 Å². The number of nitrogens with zero attached hydrogens (tertiary/aromatic N) is 2. The predicted molar refractivity (Wildman–Crippen MR) is 110 cm³/mol. The first kappa shape index (κ1) is 21.1. The van der Waals surface area contributed by atoms with Crippen LogP contribution in [-0.4, -0.2) is 24.3 Å². The van der Waals surface area contributed by atoms with Crippen LogP contribution < -0.4 is 0 Å². The van der Waals surface area contributed by atoms with Crippen LogP contribution in [0.3, 0.4) is 0 Å². The van der Waals surface area contributed by atoms with Gasteiger partial charge in [0.1, 0.15) is 0 Å². The van der Waals surface area contributed by atoms with Crippen LogP contribution in [0.25, 0.3) is 0 Å². The van der Waals surface area contributed by atoms with Crippen molar-refractivity contribution in [3.63, 3.8) is 0 Å². The molecule has 2 aromatic rings. The summed E-state index contributed by atoms with van der Waals surface area (Å²) >= 11 is 7.38. The average Bonchev–Trinajstić information content (AvgIpc) is 2.65. The van der Waals surface area contributed by atoms with Crippen LogP contribution in [0.5, 0.6) is 0 Å². The van der Waals surface area contributed by atoms with Crippen LogP contribution in [0, 0.1) is 13.8 Å². The third-order valence-corrected chi connectivity index (χ3v) is 6.38. The van der Waals surface area contributed by atoms with Gasteiger partial charge in [0.15, 0.2) is 0 Å². The van der Waals surface area contributed by atoms with Gasteiger partial charge >= 0.3 is 6.18 Å². The summed E-state index contributed by atoms with van der Waals surface area (Å²) < 4.78 is 39.0. The van der Waals surface area contributed by atoms with Crippen molar-refractivity contribution in [2.75, 3.05) is 13.1 Å². The molecule has 1 fully saturated rings. The molecule has 0 aromatic heterocycles. The smallest absolute Gasteiger partial charge is 0.363 e. The van der Waals surface area contributed by atoms with E-state index in [1.165, 1.54) is 37.1 Å². The highest BCUT2D eigenvalue weighted by Crippen LogP contribution is 2.40. The summed E-state index contributed by atoms with van der Waals surface area (Å²) in [5, 5.41) is 0.308. The topological polar surface area (TPSA) is 15.6 Å². The van der Waals surface area contributed by atoms with Crippen LogP contribution in [0.1, 0.15) is 36.0 Å². The number of aryl methyl sites for hydroxylation is 2. The highest BCUT2D eigenvalue weighted by molar-refractivity contribution is 7.99. The lowest BCUT2D eigenvalue weighted by Crippen LogP contribution is -2.28. The molecule has 0 spiro atoms. The van der Waals surface area contributed by atoms with E-state index in [-0.39, 0.29) is 0 Å². The SMILES string of the molecule is Cc1cc(Sc2cc(C(F)(F)F)ccc2Cl)c(C)cc1N=CN1CCCCC1. The number of alkyl halides is 3. The highest BCUT2D eigenvalue weighted by Gasteiger charge is 2.31. The lowest BCUT2D eigenvalue weighted by Gasteiger charge is -2.24. The molecule has 150 valence electrons. The molecule has 2 aromatic carbocycles. The van der Waals surface area contributed by atoms with Crippen LogP contribution in [0.2, 0.25) is 5.02 Å². The second-order valence-corrected chi connectivity index (χ2v) is 8.48. The molecule has 3 rings (SSSR count). The largest absolute Gasteiger partial charge is 0.416 e. The van der Waals surface area contributed by atoms with E-state index >= 15 is 0 Å². The Morgan fingerprint density at radius 1 is 1.00 bits per heavy atom. The van der Waals surface area contributed by atoms with Gasteiger partial charge in [-0.05, 0) is 74.6 Å². The maximum atomic E-state index is 13.0. The van der Waals surface area contributed by atoms with Gasteiger partial charge in [0.2, 0.25) is 0 Å². The van der Waals surface area contributed by atoms with Crippen molar-refractivity contribution in [1.29, 1.82) is 0 Å². The van der Waals surface area contributed by atoms with Crippen molar-refractivity contribution < 1.29 is 13.2 Å². The second kappa shape index (κ2) is 8.78. The first-order chi connectivity index (χ1) is 13.2. The van der Waals surface area contributed by atoms with Crippen LogP contribution >= 0.6 is 23.4 Å². The number of halogens is 4. The summed E-state index contributed by atoms with van der Waals surface area (Å²) in [4.78, 5) is 8.11. The lowest BCUT2D eigenvalue weighted by molar-refractivity contribution is -0.137. The zero-order chi connectivity index (χ0) is 20.3. The molecule has 1 saturated heterocycles. The molecule has 0 aliphatic carbocycles. The molecular weight excluding hydrogens is 405 g/mol. The summed E-state index contributed by atoms with van der Waals surface area (Å²) in [5.74, 6) is 0. The molecule has 0 bridgehead atoms. The molecule has 1 aliphatic heterocycles. The monoisotopic (exact) mass is 426 g/mol. The minimum atomic E-state index is -4.39. The van der Waals surface area contributed by atoms with Gasteiger partial charge in [0.05, 0.1) is 22.6 Å². The van der Waals surface area contributed by atoms with Gasteiger partial charge in [-0.15, -0.1) is 0 Å². The third-order valence-electron chi connectivity index (χ3n) is 4.72. The maximum Gasteiger partial charge on any atom is 0.416 e. The van der Waals surface area contributed by atoms with Crippen molar-refractivity contribution >= 4 is 35.4 Å². The van der Waals surface area contributed by atoms with Crippen molar-refractivity contribution in [1.82, 2.24) is 4.90 Å². The molecule has 0 radical (unpaired) electrons. The molecular formula is C21H22ClF3N2S. The molecule has 0 N–H and O–H groups in total. The van der Waals surface area contributed by atoms with Crippen LogP contribution in [-0.2, 0) is 6.18 Å². The maximum absolute atomic E-state index is 13.0. The van der Waals surface area contributed by atoms with Crippen molar-refractivity contribution in [3.8, 4) is 0 Å². The molecule has 0 unspecified atom stereocenters. The predicted octanol–water partition coefficient (Wildman–Crippen LogP) is 7.27. The minimum Gasteiger partial charge on any atom is -0.363 e. The molecule has 28 heavy (non-hydrogen) atoms. The zero-order valence-corrected chi connectivity index (χ0v) is 17.4. The van der Waals surface area contributed by atoms with Crippen molar-refractivity contribution in [2.24, 2.45) is 4.99 Å². The number of aliphatic imine (C=N–C) groups is 1. The Kier molecular flexibility index (Phi) is 6.61. The minimum absolute atomic E-state index is 0.308. The quantitative estimate of drug-likeness (QED) is 0.377. The zero-order valence-electron chi connectivity index (χ0n) is 15.8. The second-order valence-electron chi connectivity index (χ2n) is 6.99. The number of likely N-dealkylation sites (tertiary alicyclic amines) is 1. The van der Waals surface area contributed by atoms with Gasteiger partial charge in [-0.25, -0.2) is 4.99 Å². The highest BCUT2D eigenvalue weighted by atomic mass is 35.5. The van der Waals surface area contributed by atoms with Crippen molar-refractivity contribution in [2.45, 2.75) is 49.1 Å². The van der Waals surface area contributed by atoms with E-state index in [0.717, 1.165) is 46.9 Å². The van der Waals surface area contributed by atoms with Gasteiger partial charge in [0, 0.05) is 22.9 Å². The number of piperidine rings is 1. The molecule has 1 heterocycles. The number of rotatable bonds is 4. The molecule has 7 heteroatoms. The number of hydrogen-bond acceptors (Lipinski definition) is 2. The number of benzene rings is 2. The summed E-state index contributed by atoms with van der Waals surface area (Å²) in [6, 6.07) is 7.33. The van der Waals surface area contributed by atoms with Gasteiger partial charge in [-0.3, -0.25) is 0 Å². The molecule has 0 saturated carbocycles. The summed E-state index contributed by atoms with van der Waals surface area (Å²) in [6.45, 7) is 5.95. The normalized spacial score (nSPS) is 15.4. The average molecular weight is 427 g/mol. The van der Waals surface area contributed by atoms with Crippen molar-refractivity contribution in [3.05, 3.63) is 52.0 Å². The Balaban J connectivity index is 1.82. The van der Waals surface area contributed by atoms with Gasteiger partial charge < -0.3 is 4.90 Å². The van der Waals surface area contributed by atoms with Crippen LogP contribution in [0.15, 0.2) is 45.1 Å². The van der Waals surface area contributed by atoms with Gasteiger partial charge in [-0.1, -0.05) is 23.4 Å². The standard InChI is InChI=1S/C21H22ClF3N2S/c1-14-11-19(28-20-12-16(21(23,24)25)6-7-17(20)22)15(2)10-18(14)26-13-27-8-4-3-5-9-27/h6-7,10-13H,3-5,8-9H2,1-2H3. The molecule has 2 nitrogen and oxygen atoms in total. The fourth-order valence-electron chi connectivity index (χ4n) is 3.08. The first-order valence-corrected chi connectivity index (χ1v) is 10.4. The van der Waals surface area contributed by atoms with E-state index in [1.54, 1.807) is 0 Å². The molecule has 0 atom stereocenters. The third kappa shape index (κ3) is 5.23. The Labute approximate surface area is 172 Å². The van der Waals surface area contributed by atoms with Gasteiger partial charge in [-0.2, -0.15) is 13.2 Å². The van der Waals surface area contributed by atoms with E-state index < -0.39 is 11.7 Å². The first-order valence-electron chi connectivity index (χ1n) is 9.18. The lowest BCUT2D eigenvalue weighted by atomic mass is 10.1. The number of hydrogen-bond donors (Lipinski definition) is 0. The summed E-state index contributed by atoms with van der Waals surface area (Å²) in [5.41, 5.74) is 2.11. The van der Waals surface area contributed by atoms with E-state index in [1.807, 2.05) is 32.3 Å². The fourth-order valence-corrected chi connectivity index (χ4v) is 4.35. The van der Waals surface area contributed by atoms with E-state index in [2.05, 4.69) is 9.89 Å². The fraction of sp³-hybridized carbons (Fsp3) is 0.381. The Bertz CT molecular complexity index is 875. The Morgan fingerprint density at radius 2 is 1.71 bits per heavy atom. The molecule has 0 amide bonds. The van der Waals surface area contributed by atoms with Crippen LogP contribution in [0.4, 0.5) is 18.9 Å². The van der Waals surface area contributed by atoms with E-state index in [0.29, 0.717) is 9.92 Å². The summed E-state index contributed by atoms with van der Waals surface area (Å²) in [7, 11) is 0. The van der Waals surface area contributed by atoms with E-state index in [4.69, 9.17) is 11.6 Å². The Morgan fingerprint density at radius 3 is 2.39 bits per heavy atom. The molecule has 1 aliphatic rings. The summed E-state index contributed by atoms with van der Waals surface area (Å²) in [6.07, 6.45) is 1.16. The van der Waals surface area contributed by atoms with E-state index in [9.17, 15) is 13.2 Å².